The standard InChI is InChI=1S/C14H24N3/c1-4-13-7-5-8-15-14(13)17(3)11-6-9-16(2)10-12-17/h5,7-8H,4,6,9-12H2,1-3H3/q+1. The Hall–Kier alpha value is -0.930. The molecule has 0 aliphatic carbocycles. The summed E-state index contributed by atoms with van der Waals surface area (Å²) in [6.45, 7) is 6.96. The van der Waals surface area contributed by atoms with Gasteiger partial charge in [0, 0.05) is 31.3 Å². The lowest BCUT2D eigenvalue weighted by Gasteiger charge is -2.32. The molecule has 1 atom stereocenters. The zero-order chi connectivity index (χ0) is 12.3. The first kappa shape index (κ1) is 12.5. The fraction of sp³-hybridized carbons (Fsp3) is 0.643. The SMILES string of the molecule is CCc1cccnc1[N+]1(C)CCCN(C)CC1. The van der Waals surface area contributed by atoms with Crippen LogP contribution < -0.4 is 4.48 Å². The van der Waals surface area contributed by atoms with Gasteiger partial charge in [-0.2, -0.15) is 0 Å². The maximum atomic E-state index is 4.67. The average Bonchev–Trinajstić information content (AvgIpc) is 2.52. The first-order chi connectivity index (χ1) is 8.15. The molecule has 0 radical (unpaired) electrons. The Morgan fingerprint density at radius 1 is 1.35 bits per heavy atom. The Kier molecular flexibility index (Phi) is 3.79. The minimum absolute atomic E-state index is 0.994. The van der Waals surface area contributed by atoms with Crippen LogP contribution >= 0.6 is 0 Å². The van der Waals surface area contributed by atoms with Crippen LogP contribution in [0, 0.1) is 0 Å². The van der Waals surface area contributed by atoms with Gasteiger partial charge in [0.1, 0.15) is 0 Å². The van der Waals surface area contributed by atoms with Gasteiger partial charge in [0.15, 0.2) is 0 Å². The van der Waals surface area contributed by atoms with Gasteiger partial charge in [-0.3, -0.25) is 4.48 Å². The van der Waals surface area contributed by atoms with Gasteiger partial charge in [0.05, 0.1) is 20.1 Å². The highest BCUT2D eigenvalue weighted by molar-refractivity contribution is 5.43. The first-order valence-corrected chi connectivity index (χ1v) is 6.63. The van der Waals surface area contributed by atoms with E-state index < -0.39 is 0 Å². The first-order valence-electron chi connectivity index (χ1n) is 6.63. The van der Waals surface area contributed by atoms with Gasteiger partial charge in [0.25, 0.3) is 0 Å². The van der Waals surface area contributed by atoms with Crippen molar-refractivity contribution in [1.82, 2.24) is 14.4 Å². The van der Waals surface area contributed by atoms with Gasteiger partial charge in [0.2, 0.25) is 5.82 Å². The van der Waals surface area contributed by atoms with Crippen LogP contribution in [0.25, 0.3) is 0 Å². The summed E-state index contributed by atoms with van der Waals surface area (Å²) in [7, 11) is 4.55. The smallest absolute Gasteiger partial charge is 0.230 e. The van der Waals surface area contributed by atoms with Crippen molar-refractivity contribution in [2.45, 2.75) is 19.8 Å². The molecule has 0 spiro atoms. The maximum absolute atomic E-state index is 4.67. The van der Waals surface area contributed by atoms with E-state index in [0.29, 0.717) is 0 Å². The molecular weight excluding hydrogens is 210 g/mol. The molecule has 1 aliphatic heterocycles. The van der Waals surface area contributed by atoms with Gasteiger partial charge in [-0.1, -0.05) is 6.92 Å². The van der Waals surface area contributed by atoms with Crippen molar-refractivity contribution in [3.63, 3.8) is 0 Å². The van der Waals surface area contributed by atoms with Crippen LogP contribution in [-0.2, 0) is 6.42 Å². The van der Waals surface area contributed by atoms with E-state index in [9.17, 15) is 0 Å². The predicted molar refractivity (Wildman–Crippen MR) is 73.2 cm³/mol. The molecule has 1 saturated heterocycles. The van der Waals surface area contributed by atoms with Crippen LogP contribution in [-0.4, -0.2) is 50.2 Å². The molecule has 3 nitrogen and oxygen atoms in total. The van der Waals surface area contributed by atoms with Crippen LogP contribution in [0.2, 0.25) is 0 Å². The average molecular weight is 234 g/mol. The van der Waals surface area contributed by atoms with Crippen molar-refractivity contribution < 1.29 is 0 Å². The molecule has 2 heterocycles. The number of aromatic nitrogens is 1. The summed E-state index contributed by atoms with van der Waals surface area (Å²) in [6, 6.07) is 4.28. The summed E-state index contributed by atoms with van der Waals surface area (Å²) >= 11 is 0. The number of quaternary nitrogens is 1. The molecule has 17 heavy (non-hydrogen) atoms. The number of likely N-dealkylation sites (N-methyl/N-ethyl adjacent to an activating group) is 2. The van der Waals surface area contributed by atoms with E-state index >= 15 is 0 Å². The second-order valence-electron chi connectivity index (χ2n) is 5.34. The lowest BCUT2D eigenvalue weighted by Crippen LogP contribution is -2.48. The largest absolute Gasteiger partial charge is 0.301 e. The number of hydrogen-bond donors (Lipinski definition) is 0. The molecular formula is C14H24N3+. The van der Waals surface area contributed by atoms with Gasteiger partial charge < -0.3 is 4.90 Å². The van der Waals surface area contributed by atoms with Crippen LogP contribution in [0.3, 0.4) is 0 Å². The lowest BCUT2D eigenvalue weighted by atomic mass is 10.1. The zero-order valence-corrected chi connectivity index (χ0v) is 11.3. The summed E-state index contributed by atoms with van der Waals surface area (Å²) in [5, 5.41) is 0. The second-order valence-corrected chi connectivity index (χ2v) is 5.34. The highest BCUT2D eigenvalue weighted by Crippen LogP contribution is 2.25. The lowest BCUT2D eigenvalue weighted by molar-refractivity contribution is 0.311. The van der Waals surface area contributed by atoms with Crippen molar-refractivity contribution in [3.8, 4) is 0 Å². The molecule has 2 rings (SSSR count). The Labute approximate surface area is 105 Å². The van der Waals surface area contributed by atoms with E-state index in [4.69, 9.17) is 0 Å². The number of nitrogens with zero attached hydrogens (tertiary/aromatic N) is 3. The molecule has 0 bridgehead atoms. The normalized spacial score (nSPS) is 26.8. The number of hydrogen-bond acceptors (Lipinski definition) is 2. The van der Waals surface area contributed by atoms with E-state index in [1.54, 1.807) is 0 Å². The summed E-state index contributed by atoms with van der Waals surface area (Å²) in [5.74, 6) is 1.28. The fourth-order valence-electron chi connectivity index (χ4n) is 2.71. The molecule has 1 unspecified atom stereocenters. The summed E-state index contributed by atoms with van der Waals surface area (Å²) < 4.78 is 0.994. The summed E-state index contributed by atoms with van der Waals surface area (Å²) in [4.78, 5) is 7.09. The van der Waals surface area contributed by atoms with Crippen LogP contribution in [0.1, 0.15) is 18.9 Å². The predicted octanol–water partition coefficient (Wildman–Crippen LogP) is 1.92. The van der Waals surface area contributed by atoms with Gasteiger partial charge in [-0.05, 0) is 25.6 Å². The van der Waals surface area contributed by atoms with Gasteiger partial charge >= 0.3 is 0 Å². The topological polar surface area (TPSA) is 16.1 Å². The quantitative estimate of drug-likeness (QED) is 0.727. The third-order valence-corrected chi connectivity index (χ3v) is 3.93. The Bertz CT molecular complexity index is 377. The van der Waals surface area contributed by atoms with E-state index in [0.717, 1.165) is 17.4 Å². The molecule has 0 saturated carbocycles. The molecule has 1 aromatic heterocycles. The zero-order valence-electron chi connectivity index (χ0n) is 11.3. The summed E-state index contributed by atoms with van der Waals surface area (Å²) in [5.41, 5.74) is 1.40. The monoisotopic (exact) mass is 234 g/mol. The molecule has 1 aromatic rings. The Balaban J connectivity index is 2.29. The minimum atomic E-state index is 0.994. The molecule has 1 aliphatic rings. The molecule has 1 fully saturated rings. The summed E-state index contributed by atoms with van der Waals surface area (Å²) in [6.07, 6.45) is 4.27. The third-order valence-electron chi connectivity index (χ3n) is 3.93. The highest BCUT2D eigenvalue weighted by Gasteiger charge is 2.30. The fourth-order valence-corrected chi connectivity index (χ4v) is 2.71. The molecule has 0 aromatic carbocycles. The Morgan fingerprint density at radius 2 is 2.18 bits per heavy atom. The van der Waals surface area contributed by atoms with Crippen LogP contribution in [0.5, 0.6) is 0 Å². The minimum Gasteiger partial charge on any atom is -0.301 e. The van der Waals surface area contributed by atoms with Crippen molar-refractivity contribution in [2.24, 2.45) is 0 Å². The van der Waals surface area contributed by atoms with Crippen LogP contribution in [0.15, 0.2) is 18.3 Å². The second kappa shape index (κ2) is 5.15. The number of pyridine rings is 1. The van der Waals surface area contributed by atoms with Crippen molar-refractivity contribution in [1.29, 1.82) is 0 Å². The van der Waals surface area contributed by atoms with Crippen molar-refractivity contribution in [3.05, 3.63) is 23.9 Å². The van der Waals surface area contributed by atoms with E-state index in [1.165, 1.54) is 37.4 Å². The van der Waals surface area contributed by atoms with E-state index in [2.05, 4.69) is 43.0 Å². The van der Waals surface area contributed by atoms with Gasteiger partial charge in [-0.15, -0.1) is 0 Å². The highest BCUT2D eigenvalue weighted by atomic mass is 15.4. The molecule has 0 N–H and O–H groups in total. The van der Waals surface area contributed by atoms with Gasteiger partial charge in [-0.25, -0.2) is 4.98 Å². The maximum Gasteiger partial charge on any atom is 0.230 e. The molecule has 3 heteroatoms. The van der Waals surface area contributed by atoms with Crippen molar-refractivity contribution in [2.75, 3.05) is 40.3 Å². The number of aryl methyl sites for hydroxylation is 1. The molecule has 0 amide bonds. The Morgan fingerprint density at radius 3 is 2.94 bits per heavy atom. The van der Waals surface area contributed by atoms with E-state index in [1.807, 2.05) is 6.20 Å². The van der Waals surface area contributed by atoms with E-state index in [-0.39, 0.29) is 0 Å². The van der Waals surface area contributed by atoms with Crippen molar-refractivity contribution >= 4 is 5.82 Å². The molecule has 94 valence electrons. The third kappa shape index (κ3) is 2.67. The van der Waals surface area contributed by atoms with Crippen LogP contribution in [0.4, 0.5) is 5.82 Å². The number of rotatable bonds is 2.